The van der Waals surface area contributed by atoms with Gasteiger partial charge in [-0.15, -0.1) is 0 Å². The molecule has 4 heteroatoms. The zero-order chi connectivity index (χ0) is 11.0. The van der Waals surface area contributed by atoms with Crippen LogP contribution in [0.3, 0.4) is 0 Å². The van der Waals surface area contributed by atoms with Gasteiger partial charge in [0.15, 0.2) is 11.5 Å². The summed E-state index contributed by atoms with van der Waals surface area (Å²) >= 11 is 3.61. The SMILES string of the molecule is Brc1cc2c(cc1[C@@H]1CCCCN1)OCO2. The molecule has 3 rings (SSSR count). The fraction of sp³-hybridized carbons (Fsp3) is 0.500. The lowest BCUT2D eigenvalue weighted by Gasteiger charge is -2.24. The summed E-state index contributed by atoms with van der Waals surface area (Å²) in [5.74, 6) is 1.71. The Hall–Kier alpha value is -0.740. The van der Waals surface area contributed by atoms with E-state index in [9.17, 15) is 0 Å². The maximum atomic E-state index is 5.41. The predicted octanol–water partition coefficient (Wildman–Crippen LogP) is 2.99. The molecule has 0 amide bonds. The fourth-order valence-electron chi connectivity index (χ4n) is 2.32. The third-order valence-electron chi connectivity index (χ3n) is 3.18. The largest absolute Gasteiger partial charge is 0.454 e. The van der Waals surface area contributed by atoms with Crippen molar-refractivity contribution in [3.8, 4) is 11.5 Å². The van der Waals surface area contributed by atoms with Crippen LogP contribution in [0.4, 0.5) is 0 Å². The van der Waals surface area contributed by atoms with Crippen molar-refractivity contribution in [1.82, 2.24) is 5.32 Å². The van der Waals surface area contributed by atoms with Gasteiger partial charge in [-0.1, -0.05) is 22.4 Å². The molecule has 0 unspecified atom stereocenters. The highest BCUT2D eigenvalue weighted by Gasteiger charge is 2.22. The second-order valence-electron chi connectivity index (χ2n) is 4.23. The van der Waals surface area contributed by atoms with Crippen LogP contribution < -0.4 is 14.8 Å². The molecule has 3 nitrogen and oxygen atoms in total. The minimum Gasteiger partial charge on any atom is -0.454 e. The number of ether oxygens (including phenoxy) is 2. The zero-order valence-corrected chi connectivity index (χ0v) is 10.5. The van der Waals surface area contributed by atoms with E-state index in [1.165, 1.54) is 24.8 Å². The Morgan fingerprint density at radius 1 is 1.19 bits per heavy atom. The first-order chi connectivity index (χ1) is 7.84. The summed E-state index contributed by atoms with van der Waals surface area (Å²) in [6.45, 7) is 1.44. The quantitative estimate of drug-likeness (QED) is 0.860. The molecule has 0 spiro atoms. The van der Waals surface area contributed by atoms with Gasteiger partial charge >= 0.3 is 0 Å². The van der Waals surface area contributed by atoms with Gasteiger partial charge in [0.05, 0.1) is 0 Å². The molecule has 0 bridgehead atoms. The highest BCUT2D eigenvalue weighted by molar-refractivity contribution is 9.10. The molecule has 1 atom stereocenters. The maximum Gasteiger partial charge on any atom is 0.231 e. The van der Waals surface area contributed by atoms with E-state index >= 15 is 0 Å². The number of rotatable bonds is 1. The van der Waals surface area contributed by atoms with Crippen molar-refractivity contribution in [3.63, 3.8) is 0 Å². The van der Waals surface area contributed by atoms with Crippen LogP contribution in [0.1, 0.15) is 30.9 Å². The van der Waals surface area contributed by atoms with Crippen molar-refractivity contribution in [1.29, 1.82) is 0 Å². The molecule has 1 aromatic rings. The standard InChI is InChI=1S/C12H14BrNO2/c13-9-6-12-11(15-7-16-12)5-8(9)10-3-1-2-4-14-10/h5-6,10,14H,1-4,7H2/t10-/m0/s1. The summed E-state index contributed by atoms with van der Waals surface area (Å²) < 4.78 is 11.9. The molecule has 1 saturated heterocycles. The first-order valence-electron chi connectivity index (χ1n) is 5.67. The number of benzene rings is 1. The summed E-state index contributed by atoms with van der Waals surface area (Å²) in [4.78, 5) is 0. The molecular weight excluding hydrogens is 270 g/mol. The molecule has 0 saturated carbocycles. The van der Waals surface area contributed by atoms with E-state index in [1.807, 2.05) is 6.07 Å². The Labute approximate surface area is 103 Å². The van der Waals surface area contributed by atoms with Gasteiger partial charge in [-0.25, -0.2) is 0 Å². The zero-order valence-electron chi connectivity index (χ0n) is 8.96. The molecule has 16 heavy (non-hydrogen) atoms. The normalized spacial score (nSPS) is 23.4. The van der Waals surface area contributed by atoms with Gasteiger partial charge in [0.2, 0.25) is 6.79 Å². The van der Waals surface area contributed by atoms with Crippen molar-refractivity contribution in [2.45, 2.75) is 25.3 Å². The molecule has 1 fully saturated rings. The van der Waals surface area contributed by atoms with Crippen LogP contribution >= 0.6 is 15.9 Å². The summed E-state index contributed by atoms with van der Waals surface area (Å²) in [6, 6.07) is 4.54. The second kappa shape index (κ2) is 4.26. The van der Waals surface area contributed by atoms with Gasteiger partial charge in [-0.05, 0) is 37.1 Å². The monoisotopic (exact) mass is 283 g/mol. The lowest BCUT2D eigenvalue weighted by molar-refractivity contribution is 0.174. The second-order valence-corrected chi connectivity index (χ2v) is 5.08. The molecule has 0 aliphatic carbocycles. The highest BCUT2D eigenvalue weighted by atomic mass is 79.9. The van der Waals surface area contributed by atoms with E-state index in [-0.39, 0.29) is 0 Å². The summed E-state index contributed by atoms with van der Waals surface area (Å²) in [7, 11) is 0. The maximum absolute atomic E-state index is 5.41. The number of piperidine rings is 1. The van der Waals surface area contributed by atoms with E-state index in [1.54, 1.807) is 0 Å². The Kier molecular flexibility index (Phi) is 2.77. The highest BCUT2D eigenvalue weighted by Crippen LogP contribution is 2.40. The third kappa shape index (κ3) is 1.80. The van der Waals surface area contributed by atoms with Crippen molar-refractivity contribution in [2.24, 2.45) is 0 Å². The molecule has 1 aromatic carbocycles. The van der Waals surface area contributed by atoms with Gasteiger partial charge in [-0.3, -0.25) is 0 Å². The Morgan fingerprint density at radius 3 is 2.75 bits per heavy atom. The van der Waals surface area contributed by atoms with Crippen LogP contribution in [0.2, 0.25) is 0 Å². The summed E-state index contributed by atoms with van der Waals surface area (Å²) in [6.07, 6.45) is 3.76. The van der Waals surface area contributed by atoms with E-state index in [0.717, 1.165) is 22.5 Å². The average Bonchev–Trinajstić information content (AvgIpc) is 2.76. The van der Waals surface area contributed by atoms with E-state index in [4.69, 9.17) is 9.47 Å². The van der Waals surface area contributed by atoms with Crippen LogP contribution in [0.25, 0.3) is 0 Å². The van der Waals surface area contributed by atoms with Crippen LogP contribution in [-0.2, 0) is 0 Å². The average molecular weight is 284 g/mol. The third-order valence-corrected chi connectivity index (χ3v) is 3.86. The lowest BCUT2D eigenvalue weighted by Crippen LogP contribution is -2.26. The van der Waals surface area contributed by atoms with Crippen LogP contribution in [0, 0.1) is 0 Å². The van der Waals surface area contributed by atoms with Crippen LogP contribution in [0.5, 0.6) is 11.5 Å². The summed E-state index contributed by atoms with van der Waals surface area (Å²) in [5, 5.41) is 3.54. The van der Waals surface area contributed by atoms with Gasteiger partial charge < -0.3 is 14.8 Å². The lowest BCUT2D eigenvalue weighted by atomic mass is 9.97. The van der Waals surface area contributed by atoms with Gasteiger partial charge in [0.25, 0.3) is 0 Å². The Morgan fingerprint density at radius 2 is 2.00 bits per heavy atom. The van der Waals surface area contributed by atoms with Crippen molar-refractivity contribution in [3.05, 3.63) is 22.2 Å². The molecular formula is C12H14BrNO2. The van der Waals surface area contributed by atoms with Gasteiger partial charge in [0, 0.05) is 10.5 Å². The number of nitrogens with one attached hydrogen (secondary N) is 1. The molecule has 0 radical (unpaired) electrons. The first-order valence-corrected chi connectivity index (χ1v) is 6.46. The number of fused-ring (bicyclic) bond motifs is 1. The Bertz CT molecular complexity index is 402. The minimum atomic E-state index is 0.337. The molecule has 1 N–H and O–H groups in total. The van der Waals surface area contributed by atoms with Crippen molar-refractivity contribution >= 4 is 15.9 Å². The van der Waals surface area contributed by atoms with Crippen LogP contribution in [0.15, 0.2) is 16.6 Å². The smallest absolute Gasteiger partial charge is 0.231 e. The van der Waals surface area contributed by atoms with Gasteiger partial charge in [0.1, 0.15) is 0 Å². The molecule has 2 heterocycles. The summed E-state index contributed by atoms with van der Waals surface area (Å²) in [5.41, 5.74) is 1.28. The molecule has 0 aromatic heterocycles. The molecule has 2 aliphatic rings. The first kappa shape index (κ1) is 10.4. The number of hydrogen-bond acceptors (Lipinski definition) is 3. The van der Waals surface area contributed by atoms with E-state index < -0.39 is 0 Å². The van der Waals surface area contributed by atoms with Crippen molar-refractivity contribution in [2.75, 3.05) is 13.3 Å². The van der Waals surface area contributed by atoms with E-state index in [0.29, 0.717) is 12.8 Å². The molecule has 2 aliphatic heterocycles. The van der Waals surface area contributed by atoms with Gasteiger partial charge in [-0.2, -0.15) is 0 Å². The minimum absolute atomic E-state index is 0.337. The Balaban J connectivity index is 1.94. The fourth-order valence-corrected chi connectivity index (χ4v) is 2.92. The predicted molar refractivity (Wildman–Crippen MR) is 64.9 cm³/mol. The van der Waals surface area contributed by atoms with Crippen LogP contribution in [-0.4, -0.2) is 13.3 Å². The number of hydrogen-bond donors (Lipinski definition) is 1. The topological polar surface area (TPSA) is 30.5 Å². The molecule has 86 valence electrons. The number of halogens is 1. The van der Waals surface area contributed by atoms with Crippen molar-refractivity contribution < 1.29 is 9.47 Å². The van der Waals surface area contributed by atoms with E-state index in [2.05, 4.69) is 27.3 Å².